The Morgan fingerprint density at radius 3 is 2.65 bits per heavy atom. The molecule has 0 N–H and O–H groups in total. The largest absolute Gasteiger partial charge is 0.439 e. The Kier molecular flexibility index (Phi) is 3.87. The lowest BCUT2D eigenvalue weighted by Crippen LogP contribution is -2.36. The van der Waals surface area contributed by atoms with Crippen molar-refractivity contribution in [3.8, 4) is 11.6 Å². The summed E-state index contributed by atoms with van der Waals surface area (Å²) in [6.45, 7) is 2.21. The lowest BCUT2D eigenvalue weighted by atomic mass is 10.1. The molecule has 23 heavy (non-hydrogen) atoms. The van der Waals surface area contributed by atoms with Gasteiger partial charge in [0.1, 0.15) is 5.75 Å². The normalized spacial score (nSPS) is 24.5. The molecule has 4 heterocycles. The van der Waals surface area contributed by atoms with Crippen molar-refractivity contribution < 1.29 is 4.74 Å². The predicted octanol–water partition coefficient (Wildman–Crippen LogP) is 2.94. The summed E-state index contributed by atoms with van der Waals surface area (Å²) in [4.78, 5) is 13.5. The van der Waals surface area contributed by atoms with Crippen LogP contribution in [0.15, 0.2) is 42.9 Å². The first-order valence-electron chi connectivity index (χ1n) is 8.30. The van der Waals surface area contributed by atoms with Gasteiger partial charge in [-0.2, -0.15) is 0 Å². The molecule has 0 amide bonds. The van der Waals surface area contributed by atoms with E-state index in [2.05, 4.69) is 32.9 Å². The van der Waals surface area contributed by atoms with Crippen LogP contribution in [0.25, 0.3) is 0 Å². The molecule has 0 spiro atoms. The number of aromatic nitrogens is 2. The minimum absolute atomic E-state index is 0.619. The van der Waals surface area contributed by atoms with Gasteiger partial charge in [-0.05, 0) is 44.5 Å². The SMILES string of the molecule is CN1C2CCC1CN(c1ccc(Oc3ccncc3)nc1)CC2. The summed E-state index contributed by atoms with van der Waals surface area (Å²) in [5.41, 5.74) is 1.19. The van der Waals surface area contributed by atoms with Crippen molar-refractivity contribution in [3.63, 3.8) is 0 Å². The van der Waals surface area contributed by atoms with E-state index in [-0.39, 0.29) is 0 Å². The first kappa shape index (κ1) is 14.5. The fourth-order valence-corrected chi connectivity index (χ4v) is 3.69. The summed E-state index contributed by atoms with van der Waals surface area (Å²) in [5, 5.41) is 0. The number of pyridine rings is 2. The molecule has 2 aliphatic rings. The van der Waals surface area contributed by atoms with Crippen LogP contribution in [0.4, 0.5) is 5.69 Å². The molecular formula is C18H22N4O. The maximum atomic E-state index is 5.73. The molecule has 5 heteroatoms. The highest BCUT2D eigenvalue weighted by molar-refractivity contribution is 5.46. The zero-order valence-corrected chi connectivity index (χ0v) is 13.4. The van der Waals surface area contributed by atoms with E-state index in [4.69, 9.17) is 4.74 Å². The molecule has 2 aliphatic heterocycles. The average molecular weight is 310 g/mol. The van der Waals surface area contributed by atoms with Gasteiger partial charge in [0.05, 0.1) is 11.9 Å². The van der Waals surface area contributed by atoms with Gasteiger partial charge < -0.3 is 9.64 Å². The summed E-state index contributed by atoms with van der Waals surface area (Å²) in [6, 6.07) is 9.15. The fourth-order valence-electron chi connectivity index (χ4n) is 3.69. The van der Waals surface area contributed by atoms with Gasteiger partial charge in [0.25, 0.3) is 0 Å². The van der Waals surface area contributed by atoms with Crippen molar-refractivity contribution in [2.45, 2.75) is 31.3 Å². The van der Waals surface area contributed by atoms with Crippen molar-refractivity contribution in [2.75, 3.05) is 25.0 Å². The molecule has 2 saturated heterocycles. The summed E-state index contributed by atoms with van der Waals surface area (Å²) >= 11 is 0. The van der Waals surface area contributed by atoms with E-state index in [1.165, 1.54) is 24.9 Å². The number of fused-ring (bicyclic) bond motifs is 2. The molecule has 0 radical (unpaired) electrons. The molecule has 2 aromatic rings. The molecule has 0 aliphatic carbocycles. The van der Waals surface area contributed by atoms with Crippen molar-refractivity contribution in [3.05, 3.63) is 42.9 Å². The molecule has 2 aromatic heterocycles. The Balaban J connectivity index is 1.46. The van der Waals surface area contributed by atoms with Crippen LogP contribution in [-0.4, -0.2) is 47.1 Å². The van der Waals surface area contributed by atoms with Crippen molar-refractivity contribution in [1.82, 2.24) is 14.9 Å². The van der Waals surface area contributed by atoms with E-state index in [1.54, 1.807) is 12.4 Å². The Labute approximate surface area is 136 Å². The van der Waals surface area contributed by atoms with Crippen LogP contribution in [0.1, 0.15) is 19.3 Å². The van der Waals surface area contributed by atoms with Crippen molar-refractivity contribution in [1.29, 1.82) is 0 Å². The van der Waals surface area contributed by atoms with Crippen LogP contribution in [0.2, 0.25) is 0 Å². The van der Waals surface area contributed by atoms with E-state index in [0.717, 1.165) is 24.9 Å². The molecule has 2 atom stereocenters. The lowest BCUT2D eigenvalue weighted by Gasteiger charge is -2.27. The zero-order valence-electron chi connectivity index (χ0n) is 13.4. The van der Waals surface area contributed by atoms with E-state index in [0.29, 0.717) is 11.9 Å². The van der Waals surface area contributed by atoms with E-state index in [9.17, 15) is 0 Å². The van der Waals surface area contributed by atoms with Crippen LogP contribution in [-0.2, 0) is 0 Å². The standard InChI is InChI=1S/C18H22N4O/c1-21-14-2-3-16(21)13-22(11-8-14)15-4-5-18(20-12-15)23-17-6-9-19-10-7-17/h4-7,9-10,12,14,16H,2-3,8,11,13H2,1H3. The second kappa shape index (κ2) is 6.16. The van der Waals surface area contributed by atoms with E-state index >= 15 is 0 Å². The summed E-state index contributed by atoms with van der Waals surface area (Å²) in [7, 11) is 2.27. The molecule has 2 unspecified atom stereocenters. The summed E-state index contributed by atoms with van der Waals surface area (Å²) in [6.07, 6.45) is 9.26. The fraction of sp³-hybridized carbons (Fsp3) is 0.444. The van der Waals surface area contributed by atoms with Gasteiger partial charge in [-0.3, -0.25) is 9.88 Å². The Morgan fingerprint density at radius 2 is 1.87 bits per heavy atom. The van der Waals surface area contributed by atoms with Crippen molar-refractivity contribution >= 4 is 5.69 Å². The van der Waals surface area contributed by atoms with Crippen LogP contribution in [0.5, 0.6) is 11.6 Å². The van der Waals surface area contributed by atoms with Gasteiger partial charge >= 0.3 is 0 Å². The highest BCUT2D eigenvalue weighted by atomic mass is 16.5. The minimum Gasteiger partial charge on any atom is -0.439 e. The Bertz CT molecular complexity index is 646. The van der Waals surface area contributed by atoms with Crippen LogP contribution in [0, 0.1) is 0 Å². The molecule has 5 nitrogen and oxygen atoms in total. The van der Waals surface area contributed by atoms with Gasteiger partial charge in [0.15, 0.2) is 0 Å². The number of ether oxygens (including phenoxy) is 1. The second-order valence-corrected chi connectivity index (χ2v) is 6.42. The predicted molar refractivity (Wildman–Crippen MR) is 90.0 cm³/mol. The van der Waals surface area contributed by atoms with Gasteiger partial charge in [0.2, 0.25) is 5.88 Å². The Hall–Kier alpha value is -2.14. The minimum atomic E-state index is 0.619. The molecule has 2 bridgehead atoms. The molecule has 0 aromatic carbocycles. The van der Waals surface area contributed by atoms with Crippen LogP contribution < -0.4 is 9.64 Å². The molecule has 4 rings (SSSR count). The topological polar surface area (TPSA) is 41.5 Å². The molecular weight excluding hydrogens is 288 g/mol. The summed E-state index contributed by atoms with van der Waals surface area (Å²) < 4.78 is 5.73. The highest BCUT2D eigenvalue weighted by Gasteiger charge is 2.34. The molecule has 120 valence electrons. The monoisotopic (exact) mass is 310 g/mol. The first-order chi connectivity index (χ1) is 11.3. The van der Waals surface area contributed by atoms with E-state index in [1.807, 2.05) is 24.4 Å². The van der Waals surface area contributed by atoms with Gasteiger partial charge in [-0.15, -0.1) is 0 Å². The van der Waals surface area contributed by atoms with Gasteiger partial charge in [-0.1, -0.05) is 0 Å². The number of hydrogen-bond acceptors (Lipinski definition) is 5. The molecule has 2 fully saturated rings. The number of anilines is 1. The second-order valence-electron chi connectivity index (χ2n) is 6.42. The number of likely N-dealkylation sites (N-methyl/N-ethyl adjacent to an activating group) is 1. The molecule has 0 saturated carbocycles. The third-order valence-electron chi connectivity index (χ3n) is 5.11. The van der Waals surface area contributed by atoms with E-state index < -0.39 is 0 Å². The smallest absolute Gasteiger partial charge is 0.219 e. The number of hydrogen-bond donors (Lipinski definition) is 0. The lowest BCUT2D eigenvalue weighted by molar-refractivity contribution is 0.254. The van der Waals surface area contributed by atoms with Crippen LogP contribution in [0.3, 0.4) is 0 Å². The third kappa shape index (κ3) is 3.01. The average Bonchev–Trinajstić information content (AvgIpc) is 2.82. The number of rotatable bonds is 3. The zero-order chi connectivity index (χ0) is 15.6. The first-order valence-corrected chi connectivity index (χ1v) is 8.30. The Morgan fingerprint density at radius 1 is 1.04 bits per heavy atom. The van der Waals surface area contributed by atoms with Gasteiger partial charge in [-0.25, -0.2) is 4.98 Å². The summed E-state index contributed by atoms with van der Waals surface area (Å²) in [5.74, 6) is 1.38. The van der Waals surface area contributed by atoms with Gasteiger partial charge in [0, 0.05) is 43.6 Å². The number of nitrogens with zero attached hydrogens (tertiary/aromatic N) is 4. The van der Waals surface area contributed by atoms with Crippen molar-refractivity contribution in [2.24, 2.45) is 0 Å². The quantitative estimate of drug-likeness (QED) is 0.872. The highest BCUT2D eigenvalue weighted by Crippen LogP contribution is 2.31. The maximum Gasteiger partial charge on any atom is 0.219 e. The maximum absolute atomic E-state index is 5.73. The van der Waals surface area contributed by atoms with Crippen LogP contribution >= 0.6 is 0 Å². The third-order valence-corrected chi connectivity index (χ3v) is 5.11.